The summed E-state index contributed by atoms with van der Waals surface area (Å²) in [5, 5.41) is 2.09. The molecule has 3 heteroatoms. The van der Waals surface area contributed by atoms with Crippen molar-refractivity contribution in [3.63, 3.8) is 0 Å². The number of hydrogen-bond acceptors (Lipinski definition) is 2. The lowest BCUT2D eigenvalue weighted by atomic mass is 9.95. The molecular weight excluding hydrogens is 643 g/mol. The zero-order valence-corrected chi connectivity index (χ0v) is 30.7. The Balaban J connectivity index is 1.38. The van der Waals surface area contributed by atoms with Crippen LogP contribution in [0.5, 0.6) is 0 Å². The highest BCUT2D eigenvalue weighted by Crippen LogP contribution is 2.40. The van der Waals surface area contributed by atoms with Crippen LogP contribution in [-0.4, -0.2) is 16.4 Å². The third-order valence-electron chi connectivity index (χ3n) is 11.0. The van der Waals surface area contributed by atoms with Crippen LogP contribution >= 0.6 is 0 Å². The fourth-order valence-corrected chi connectivity index (χ4v) is 8.27. The van der Waals surface area contributed by atoms with Gasteiger partial charge in [0.15, 0.2) is 0 Å². The van der Waals surface area contributed by atoms with Crippen molar-refractivity contribution in [3.05, 3.63) is 177 Å². The molecule has 5 aliphatic rings. The molecule has 2 aliphatic carbocycles. The van der Waals surface area contributed by atoms with E-state index in [4.69, 9.17) is 9.98 Å². The first-order valence-corrected chi connectivity index (χ1v) is 18.7. The van der Waals surface area contributed by atoms with Crippen LogP contribution < -0.4 is 10.7 Å². The van der Waals surface area contributed by atoms with E-state index in [1.165, 1.54) is 55.7 Å². The van der Waals surface area contributed by atoms with Crippen LogP contribution in [0.1, 0.15) is 51.7 Å². The maximum Gasteiger partial charge on any atom is 0.0693 e. The molecule has 0 amide bonds. The van der Waals surface area contributed by atoms with Crippen LogP contribution in [-0.2, 0) is 0 Å². The lowest BCUT2D eigenvalue weighted by Gasteiger charge is -2.07. The topological polar surface area (TPSA) is 40.5 Å². The number of allylic oxidation sites excluding steroid dienone is 4. The van der Waals surface area contributed by atoms with Gasteiger partial charge in [0, 0.05) is 21.8 Å². The lowest BCUT2D eigenvalue weighted by molar-refractivity contribution is 1.15. The fourth-order valence-electron chi connectivity index (χ4n) is 8.27. The predicted octanol–water partition coefficient (Wildman–Crippen LogP) is 11.4. The Morgan fingerprint density at radius 2 is 0.849 bits per heavy atom. The van der Waals surface area contributed by atoms with Crippen LogP contribution in [0.4, 0.5) is 0 Å². The summed E-state index contributed by atoms with van der Waals surface area (Å²) in [7, 11) is 0. The van der Waals surface area contributed by atoms with Gasteiger partial charge in [0.2, 0.25) is 0 Å². The third kappa shape index (κ3) is 5.70. The van der Waals surface area contributed by atoms with Crippen molar-refractivity contribution in [1.82, 2.24) is 4.98 Å². The molecule has 0 saturated carbocycles. The fraction of sp³-hybridized carbons (Fsp3) is 0.120. The second-order valence-electron chi connectivity index (χ2n) is 14.1. The molecule has 3 nitrogen and oxygen atoms in total. The van der Waals surface area contributed by atoms with Gasteiger partial charge in [-0.25, -0.2) is 9.98 Å². The molecule has 0 unspecified atom stereocenters. The van der Waals surface area contributed by atoms with Gasteiger partial charge in [0.25, 0.3) is 0 Å². The van der Waals surface area contributed by atoms with E-state index in [2.05, 4.69) is 178 Å². The smallest absolute Gasteiger partial charge is 0.0693 e. The molecule has 0 atom stereocenters. The monoisotopic (exact) mass is 683 g/mol. The number of H-pyrrole nitrogens is 1. The summed E-state index contributed by atoms with van der Waals surface area (Å²) in [6, 6.07) is 43.5. The maximum absolute atomic E-state index is 5.39. The molecule has 53 heavy (non-hydrogen) atoms. The number of aromatic nitrogens is 1. The van der Waals surface area contributed by atoms with Gasteiger partial charge in [-0.15, -0.1) is 0 Å². The molecule has 0 spiro atoms. The molecule has 4 heterocycles. The quantitative estimate of drug-likeness (QED) is 0.188. The molecular formula is C50H41N3. The van der Waals surface area contributed by atoms with Gasteiger partial charge in [-0.1, -0.05) is 129 Å². The standard InChI is InChI=1S/C50H41N3/c1-5-39-31(3)43-27-37-26-38(42-25-23-34(22-24-41(37)42)33-16-10-7-11-17-33)28-44-32(4)40(6-2)46(52-44)30-48-50(36-20-14-9-15-21-36)49(35-18-12-8-13-19-35)47(53-48)29-45(39)51-43/h7-30,53H,5-6H2,1-4H3. The molecule has 4 aromatic rings. The summed E-state index contributed by atoms with van der Waals surface area (Å²) in [6.45, 7) is 8.92. The second-order valence-corrected chi connectivity index (χ2v) is 14.1. The number of fused-ring (bicyclic) bond motifs is 9. The lowest BCUT2D eigenvalue weighted by Crippen LogP contribution is -2.15. The molecule has 0 fully saturated rings. The van der Waals surface area contributed by atoms with Gasteiger partial charge in [-0.2, -0.15) is 0 Å². The third-order valence-corrected chi connectivity index (χ3v) is 11.0. The Morgan fingerprint density at radius 3 is 1.26 bits per heavy atom. The Bertz CT molecular complexity index is 2550. The molecule has 3 aliphatic heterocycles. The van der Waals surface area contributed by atoms with Crippen LogP contribution in [0.2, 0.25) is 0 Å². The number of rotatable bonds is 5. The Labute approximate surface area is 311 Å². The van der Waals surface area contributed by atoms with Crippen molar-refractivity contribution in [2.45, 2.75) is 40.5 Å². The first-order chi connectivity index (χ1) is 26.0. The molecule has 256 valence electrons. The number of nitrogens with zero attached hydrogens (tertiary/aromatic N) is 2. The van der Waals surface area contributed by atoms with E-state index in [9.17, 15) is 0 Å². The normalized spacial score (nSPS) is 15.2. The van der Waals surface area contributed by atoms with E-state index in [-0.39, 0.29) is 0 Å². The predicted molar refractivity (Wildman–Crippen MR) is 225 cm³/mol. The van der Waals surface area contributed by atoms with E-state index in [0.29, 0.717) is 0 Å². The average Bonchev–Trinajstić information content (AvgIpc) is 3.83. The van der Waals surface area contributed by atoms with Gasteiger partial charge in [0.1, 0.15) is 0 Å². The molecule has 0 radical (unpaired) electrons. The SMILES string of the molecule is CCC1=C(C)C2=Cc3cc(c4ccc(-c5ccccc5)ccc3-4)C=C3N=C(C=c4[nH]c(c(-c5ccccc5)c4-c4ccccc4)=CC1=N2)C(CC)=C3C. The van der Waals surface area contributed by atoms with Gasteiger partial charge < -0.3 is 4.98 Å². The van der Waals surface area contributed by atoms with Crippen LogP contribution in [0, 0.1) is 0 Å². The number of benzene rings is 3. The summed E-state index contributed by atoms with van der Waals surface area (Å²) >= 11 is 0. The minimum atomic E-state index is 0.889. The minimum Gasteiger partial charge on any atom is -0.354 e. The van der Waals surface area contributed by atoms with Gasteiger partial charge in [0.05, 0.1) is 22.8 Å². The average molecular weight is 684 g/mol. The zero-order valence-electron chi connectivity index (χ0n) is 30.7. The molecule has 0 saturated heterocycles. The van der Waals surface area contributed by atoms with Crippen molar-refractivity contribution < 1.29 is 0 Å². The highest BCUT2D eigenvalue weighted by atomic mass is 14.8. The molecule has 1 N–H and O–H groups in total. The van der Waals surface area contributed by atoms with Crippen LogP contribution in [0.15, 0.2) is 165 Å². The van der Waals surface area contributed by atoms with E-state index in [1.807, 2.05) is 0 Å². The van der Waals surface area contributed by atoms with Crippen molar-refractivity contribution in [2.24, 2.45) is 9.98 Å². The molecule has 1 aromatic heterocycles. The first kappa shape index (κ1) is 32.6. The molecule has 8 bridgehead atoms. The second kappa shape index (κ2) is 13.3. The Kier molecular flexibility index (Phi) is 8.20. The Morgan fingerprint density at radius 1 is 0.453 bits per heavy atom. The summed E-state index contributed by atoms with van der Waals surface area (Å²) in [5.41, 5.74) is 20.8. The largest absolute Gasteiger partial charge is 0.354 e. The Hall–Kier alpha value is -6.32. The van der Waals surface area contributed by atoms with Crippen molar-refractivity contribution >= 4 is 35.7 Å². The highest BCUT2D eigenvalue weighted by Gasteiger charge is 2.24. The van der Waals surface area contributed by atoms with Crippen LogP contribution in [0.25, 0.3) is 68.8 Å². The number of aromatic amines is 1. The van der Waals surface area contributed by atoms with Gasteiger partial charge in [-0.05, 0) is 124 Å². The first-order valence-electron chi connectivity index (χ1n) is 18.7. The van der Waals surface area contributed by atoms with E-state index < -0.39 is 0 Å². The van der Waals surface area contributed by atoms with Crippen LogP contribution in [0.3, 0.4) is 0 Å². The highest BCUT2D eigenvalue weighted by molar-refractivity contribution is 6.25. The number of hydrogen-bond donors (Lipinski definition) is 1. The number of aliphatic imine (C=N–C) groups is 2. The summed E-state index contributed by atoms with van der Waals surface area (Å²) < 4.78 is 0. The van der Waals surface area contributed by atoms with E-state index >= 15 is 0 Å². The summed E-state index contributed by atoms with van der Waals surface area (Å²) in [5.74, 6) is 0. The van der Waals surface area contributed by atoms with E-state index in [0.717, 1.165) is 68.6 Å². The van der Waals surface area contributed by atoms with Gasteiger partial charge >= 0.3 is 0 Å². The van der Waals surface area contributed by atoms with Crippen molar-refractivity contribution in [3.8, 4) is 44.5 Å². The molecule has 3 aromatic carbocycles. The van der Waals surface area contributed by atoms with Crippen molar-refractivity contribution in [1.29, 1.82) is 0 Å². The maximum atomic E-state index is 5.39. The summed E-state index contributed by atoms with van der Waals surface area (Å²) in [4.78, 5) is 14.7. The molecule has 9 rings (SSSR count). The zero-order chi connectivity index (χ0) is 36.1. The van der Waals surface area contributed by atoms with Gasteiger partial charge in [-0.3, -0.25) is 0 Å². The van der Waals surface area contributed by atoms with E-state index in [1.54, 1.807) is 0 Å². The minimum absolute atomic E-state index is 0.889. The van der Waals surface area contributed by atoms with Crippen molar-refractivity contribution in [2.75, 3.05) is 0 Å². The summed E-state index contributed by atoms with van der Waals surface area (Å²) in [6.07, 6.45) is 10.9. The number of nitrogens with one attached hydrogen (secondary N) is 1.